The summed E-state index contributed by atoms with van der Waals surface area (Å²) in [4.78, 5) is 4.30. The molecule has 1 saturated carbocycles. The van der Waals surface area contributed by atoms with E-state index >= 15 is 0 Å². The Morgan fingerprint density at radius 3 is 3.00 bits per heavy atom. The third-order valence-corrected chi connectivity index (χ3v) is 2.82. The second kappa shape index (κ2) is 3.63. The zero-order valence-corrected chi connectivity index (χ0v) is 9.00. The van der Waals surface area contributed by atoms with Crippen molar-refractivity contribution in [1.29, 1.82) is 0 Å². The molecule has 0 aliphatic heterocycles. The van der Waals surface area contributed by atoms with E-state index in [1.807, 2.05) is 28.9 Å². The van der Waals surface area contributed by atoms with Gasteiger partial charge >= 0.3 is 0 Å². The van der Waals surface area contributed by atoms with Gasteiger partial charge < -0.3 is 5.73 Å². The number of benzene rings is 1. The number of hydrogen-bond acceptors (Lipinski definition) is 3. The number of nitrogens with two attached hydrogens (primary N) is 1. The molecule has 1 fully saturated rings. The number of anilines is 1. The van der Waals surface area contributed by atoms with Gasteiger partial charge in [-0.25, -0.2) is 4.98 Å². The Morgan fingerprint density at radius 2 is 2.25 bits per heavy atom. The van der Waals surface area contributed by atoms with E-state index in [1.54, 1.807) is 6.33 Å². The van der Waals surface area contributed by atoms with Gasteiger partial charge in [0.25, 0.3) is 0 Å². The molecule has 0 radical (unpaired) electrons. The van der Waals surface area contributed by atoms with Crippen LogP contribution in [0, 0.1) is 5.92 Å². The number of hydrogen-bond donors (Lipinski definition) is 1. The summed E-state index contributed by atoms with van der Waals surface area (Å²) in [5.74, 6) is 1.57. The van der Waals surface area contributed by atoms with Gasteiger partial charge in [0.15, 0.2) is 5.82 Å². The molecule has 1 aromatic heterocycles. The molecule has 1 aromatic carbocycles. The maximum Gasteiger partial charge on any atom is 0.181 e. The van der Waals surface area contributed by atoms with Crippen molar-refractivity contribution >= 4 is 5.69 Å². The van der Waals surface area contributed by atoms with E-state index in [0.717, 1.165) is 29.5 Å². The molecule has 0 amide bonds. The highest BCUT2D eigenvalue weighted by Crippen LogP contribution is 2.30. The molecule has 1 aliphatic rings. The van der Waals surface area contributed by atoms with Crippen LogP contribution in [0.4, 0.5) is 5.69 Å². The van der Waals surface area contributed by atoms with Crippen LogP contribution in [-0.2, 0) is 6.54 Å². The van der Waals surface area contributed by atoms with Crippen molar-refractivity contribution in [2.45, 2.75) is 19.4 Å². The summed E-state index contributed by atoms with van der Waals surface area (Å²) in [6.07, 6.45) is 4.46. The fourth-order valence-corrected chi connectivity index (χ4v) is 1.76. The Labute approximate surface area is 94.1 Å². The van der Waals surface area contributed by atoms with Gasteiger partial charge in [0.2, 0.25) is 0 Å². The maximum atomic E-state index is 5.73. The number of nitrogens with zero attached hydrogens (tertiary/aromatic N) is 3. The summed E-state index contributed by atoms with van der Waals surface area (Å²) < 4.78 is 1.93. The van der Waals surface area contributed by atoms with Gasteiger partial charge in [0, 0.05) is 17.8 Å². The van der Waals surface area contributed by atoms with Gasteiger partial charge in [-0.3, -0.25) is 4.68 Å². The number of nitrogen functional groups attached to an aromatic ring is 1. The highest BCUT2D eigenvalue weighted by atomic mass is 15.3. The molecule has 0 unspecified atom stereocenters. The highest BCUT2D eigenvalue weighted by Gasteiger charge is 2.22. The molecular weight excluding hydrogens is 200 g/mol. The van der Waals surface area contributed by atoms with E-state index < -0.39 is 0 Å². The summed E-state index contributed by atoms with van der Waals surface area (Å²) in [7, 11) is 0. The van der Waals surface area contributed by atoms with Crippen LogP contribution in [0.2, 0.25) is 0 Å². The molecule has 82 valence electrons. The molecule has 0 spiro atoms. The van der Waals surface area contributed by atoms with Gasteiger partial charge in [-0.2, -0.15) is 5.10 Å². The van der Waals surface area contributed by atoms with Crippen LogP contribution in [0.5, 0.6) is 0 Å². The van der Waals surface area contributed by atoms with Crippen molar-refractivity contribution < 1.29 is 0 Å². The Bertz CT molecular complexity index is 499. The molecule has 2 aromatic rings. The Kier molecular flexibility index (Phi) is 2.13. The molecule has 0 bridgehead atoms. The molecule has 3 rings (SSSR count). The van der Waals surface area contributed by atoms with Gasteiger partial charge in [-0.1, -0.05) is 12.1 Å². The quantitative estimate of drug-likeness (QED) is 0.794. The first-order valence-corrected chi connectivity index (χ1v) is 5.56. The largest absolute Gasteiger partial charge is 0.399 e. The van der Waals surface area contributed by atoms with E-state index in [-0.39, 0.29) is 0 Å². The first-order chi connectivity index (χ1) is 7.81. The zero-order chi connectivity index (χ0) is 11.0. The van der Waals surface area contributed by atoms with Gasteiger partial charge in [-0.15, -0.1) is 0 Å². The van der Waals surface area contributed by atoms with E-state index in [9.17, 15) is 0 Å². The average molecular weight is 214 g/mol. The number of rotatable bonds is 3. The maximum absolute atomic E-state index is 5.73. The lowest BCUT2D eigenvalue weighted by Crippen LogP contribution is -2.00. The van der Waals surface area contributed by atoms with Crippen molar-refractivity contribution in [3.8, 4) is 11.4 Å². The Morgan fingerprint density at radius 1 is 1.38 bits per heavy atom. The van der Waals surface area contributed by atoms with E-state index in [2.05, 4.69) is 10.1 Å². The minimum Gasteiger partial charge on any atom is -0.399 e. The molecule has 4 nitrogen and oxygen atoms in total. The monoisotopic (exact) mass is 214 g/mol. The van der Waals surface area contributed by atoms with Crippen LogP contribution < -0.4 is 5.73 Å². The topological polar surface area (TPSA) is 56.7 Å². The Balaban J connectivity index is 1.85. The standard InChI is InChI=1S/C12H14N4/c13-11-3-1-2-10(6-11)12-14-8-16(15-12)7-9-4-5-9/h1-3,6,8-9H,4-5,7,13H2. The average Bonchev–Trinajstić information content (AvgIpc) is 2.94. The molecule has 0 saturated heterocycles. The molecule has 0 atom stereocenters. The van der Waals surface area contributed by atoms with Crippen LogP contribution >= 0.6 is 0 Å². The van der Waals surface area contributed by atoms with Crippen LogP contribution in [0.15, 0.2) is 30.6 Å². The normalized spacial score (nSPS) is 15.2. The summed E-state index contributed by atoms with van der Waals surface area (Å²) in [5.41, 5.74) is 7.46. The van der Waals surface area contributed by atoms with Crippen molar-refractivity contribution in [3.05, 3.63) is 30.6 Å². The van der Waals surface area contributed by atoms with E-state index in [4.69, 9.17) is 5.73 Å². The van der Waals surface area contributed by atoms with E-state index in [0.29, 0.717) is 0 Å². The van der Waals surface area contributed by atoms with E-state index in [1.165, 1.54) is 12.8 Å². The first kappa shape index (κ1) is 9.39. The van der Waals surface area contributed by atoms with Crippen molar-refractivity contribution in [2.24, 2.45) is 5.92 Å². The fraction of sp³-hybridized carbons (Fsp3) is 0.333. The summed E-state index contributed by atoms with van der Waals surface area (Å²) in [6, 6.07) is 7.67. The second-order valence-corrected chi connectivity index (χ2v) is 4.36. The molecule has 2 N–H and O–H groups in total. The fourth-order valence-electron chi connectivity index (χ4n) is 1.76. The van der Waals surface area contributed by atoms with Crippen LogP contribution in [0.25, 0.3) is 11.4 Å². The first-order valence-electron chi connectivity index (χ1n) is 5.56. The third-order valence-electron chi connectivity index (χ3n) is 2.82. The van der Waals surface area contributed by atoms with Gasteiger partial charge in [0.05, 0.1) is 0 Å². The SMILES string of the molecule is Nc1cccc(-c2ncn(CC3CC3)n2)c1. The predicted octanol–water partition coefficient (Wildman–Crippen LogP) is 1.94. The second-order valence-electron chi connectivity index (χ2n) is 4.36. The van der Waals surface area contributed by atoms with Crippen molar-refractivity contribution in [2.75, 3.05) is 5.73 Å². The van der Waals surface area contributed by atoms with Crippen molar-refractivity contribution in [1.82, 2.24) is 14.8 Å². The van der Waals surface area contributed by atoms with Gasteiger partial charge in [0.1, 0.15) is 6.33 Å². The smallest absolute Gasteiger partial charge is 0.181 e. The molecule has 4 heteroatoms. The van der Waals surface area contributed by atoms with Crippen LogP contribution in [0.1, 0.15) is 12.8 Å². The molecule has 1 heterocycles. The predicted molar refractivity (Wildman–Crippen MR) is 62.6 cm³/mol. The minimum absolute atomic E-state index is 0.746. The Hall–Kier alpha value is -1.84. The lowest BCUT2D eigenvalue weighted by atomic mass is 10.2. The molecule has 16 heavy (non-hydrogen) atoms. The lowest BCUT2D eigenvalue weighted by Gasteiger charge is -1.98. The summed E-state index contributed by atoms with van der Waals surface area (Å²) >= 11 is 0. The number of aromatic nitrogens is 3. The third kappa shape index (κ3) is 1.91. The zero-order valence-electron chi connectivity index (χ0n) is 9.00. The van der Waals surface area contributed by atoms with Gasteiger partial charge in [-0.05, 0) is 30.9 Å². The minimum atomic E-state index is 0.746. The summed E-state index contributed by atoms with van der Waals surface area (Å²) in [6.45, 7) is 0.995. The van der Waals surface area contributed by atoms with Crippen LogP contribution in [0.3, 0.4) is 0 Å². The van der Waals surface area contributed by atoms with Crippen molar-refractivity contribution in [3.63, 3.8) is 0 Å². The molecule has 1 aliphatic carbocycles. The highest BCUT2D eigenvalue weighted by molar-refractivity contribution is 5.60. The summed E-state index contributed by atoms with van der Waals surface area (Å²) in [5, 5.41) is 4.45. The molecular formula is C12H14N4. The van der Waals surface area contributed by atoms with Crippen LogP contribution in [-0.4, -0.2) is 14.8 Å². The lowest BCUT2D eigenvalue weighted by molar-refractivity contribution is 0.563.